The van der Waals surface area contributed by atoms with Crippen molar-refractivity contribution in [1.82, 2.24) is 29.6 Å². The number of hydrogen-bond donors (Lipinski definition) is 0. The fraction of sp³-hybridized carbons (Fsp3) is 0.333. The Morgan fingerprint density at radius 3 is 2.38 bits per heavy atom. The molecule has 2 aromatic heterocycles. The predicted octanol–water partition coefficient (Wildman–Crippen LogP) is 4.94. The number of piperidine rings is 1. The van der Waals surface area contributed by atoms with Crippen molar-refractivity contribution in [3.05, 3.63) is 71.6 Å². The molecule has 5 rings (SSSR count). The highest BCUT2D eigenvalue weighted by atomic mass is 32.2. The lowest BCUT2D eigenvalue weighted by atomic mass is 10.1. The Bertz CT molecular complexity index is 1220. The van der Waals surface area contributed by atoms with Crippen molar-refractivity contribution >= 4 is 22.8 Å². The third-order valence-corrected chi connectivity index (χ3v) is 6.72. The van der Waals surface area contributed by atoms with Gasteiger partial charge in [-0.15, -0.1) is 10.2 Å². The SMILES string of the molecule is Cc1nc2ccccc2nc1CSc1nnc(CN2CCCCC2)n1-c1ccc(F)cc1. The minimum absolute atomic E-state index is 0.254. The summed E-state index contributed by atoms with van der Waals surface area (Å²) in [5.74, 6) is 1.25. The van der Waals surface area contributed by atoms with Gasteiger partial charge in [-0.2, -0.15) is 0 Å². The van der Waals surface area contributed by atoms with E-state index in [1.165, 1.54) is 31.4 Å². The smallest absolute Gasteiger partial charge is 0.196 e. The molecule has 0 atom stereocenters. The molecule has 1 saturated heterocycles. The van der Waals surface area contributed by atoms with E-state index >= 15 is 0 Å². The van der Waals surface area contributed by atoms with E-state index in [0.717, 1.165) is 58.7 Å². The molecule has 0 radical (unpaired) electrons. The van der Waals surface area contributed by atoms with Gasteiger partial charge in [0.2, 0.25) is 0 Å². The van der Waals surface area contributed by atoms with Gasteiger partial charge in [0.1, 0.15) is 5.82 Å². The van der Waals surface area contributed by atoms with Gasteiger partial charge >= 0.3 is 0 Å². The average Bonchev–Trinajstić information content (AvgIpc) is 3.21. The number of halogens is 1. The lowest BCUT2D eigenvalue weighted by Gasteiger charge is -2.26. The van der Waals surface area contributed by atoms with Crippen LogP contribution in [0.3, 0.4) is 0 Å². The van der Waals surface area contributed by atoms with Gasteiger partial charge in [-0.25, -0.2) is 14.4 Å². The number of thioether (sulfide) groups is 1. The summed E-state index contributed by atoms with van der Waals surface area (Å²) in [6.07, 6.45) is 3.72. The lowest BCUT2D eigenvalue weighted by molar-refractivity contribution is 0.214. The Morgan fingerprint density at radius 1 is 0.906 bits per heavy atom. The normalized spacial score (nSPS) is 14.8. The van der Waals surface area contributed by atoms with Gasteiger partial charge in [0.05, 0.1) is 29.0 Å². The maximum Gasteiger partial charge on any atom is 0.196 e. The summed E-state index contributed by atoms with van der Waals surface area (Å²) in [5, 5.41) is 9.79. The van der Waals surface area contributed by atoms with Crippen LogP contribution in [0, 0.1) is 12.7 Å². The summed E-state index contributed by atoms with van der Waals surface area (Å²) in [5.41, 5.74) is 4.50. The molecule has 0 unspecified atom stereocenters. The molecule has 2 aromatic carbocycles. The lowest BCUT2D eigenvalue weighted by Crippen LogP contribution is -2.30. The molecule has 1 aliphatic rings. The monoisotopic (exact) mass is 448 g/mol. The molecule has 0 N–H and O–H groups in total. The molecule has 4 aromatic rings. The molecular formula is C24H25FN6S. The van der Waals surface area contributed by atoms with Crippen LogP contribution in [0.5, 0.6) is 0 Å². The first kappa shape index (κ1) is 21.0. The molecule has 0 amide bonds. The summed E-state index contributed by atoms with van der Waals surface area (Å²) >= 11 is 1.58. The first-order valence-corrected chi connectivity index (χ1v) is 11.9. The van der Waals surface area contributed by atoms with E-state index in [1.807, 2.05) is 35.8 Å². The van der Waals surface area contributed by atoms with Crippen molar-refractivity contribution in [3.63, 3.8) is 0 Å². The van der Waals surface area contributed by atoms with Crippen molar-refractivity contribution in [3.8, 4) is 5.69 Å². The average molecular weight is 449 g/mol. The fourth-order valence-electron chi connectivity index (χ4n) is 4.06. The van der Waals surface area contributed by atoms with E-state index in [0.29, 0.717) is 5.75 Å². The molecule has 1 aliphatic heterocycles. The fourth-order valence-corrected chi connectivity index (χ4v) is 5.04. The number of nitrogens with zero attached hydrogens (tertiary/aromatic N) is 6. The molecule has 6 nitrogen and oxygen atoms in total. The topological polar surface area (TPSA) is 59.7 Å². The quantitative estimate of drug-likeness (QED) is 0.390. The molecule has 8 heteroatoms. The number of aromatic nitrogens is 5. The zero-order chi connectivity index (χ0) is 21.9. The van der Waals surface area contributed by atoms with Crippen LogP contribution < -0.4 is 0 Å². The van der Waals surface area contributed by atoms with Crippen LogP contribution >= 0.6 is 11.8 Å². The first-order valence-electron chi connectivity index (χ1n) is 10.9. The summed E-state index contributed by atoms with van der Waals surface area (Å²) in [6.45, 7) is 4.87. The van der Waals surface area contributed by atoms with Crippen LogP contribution in [0.15, 0.2) is 53.7 Å². The summed E-state index contributed by atoms with van der Waals surface area (Å²) in [7, 11) is 0. The Morgan fingerprint density at radius 2 is 1.62 bits per heavy atom. The Balaban J connectivity index is 1.44. The molecule has 164 valence electrons. The van der Waals surface area contributed by atoms with E-state index in [9.17, 15) is 4.39 Å². The molecule has 0 bridgehead atoms. The summed E-state index contributed by atoms with van der Waals surface area (Å²) in [4.78, 5) is 11.9. The number of fused-ring (bicyclic) bond motifs is 1. The second-order valence-electron chi connectivity index (χ2n) is 8.08. The predicted molar refractivity (Wildman–Crippen MR) is 124 cm³/mol. The standard InChI is InChI=1S/C24H25FN6S/c1-17-22(27-21-8-4-3-7-20(21)26-17)16-32-24-29-28-23(15-30-13-5-2-6-14-30)31(24)19-11-9-18(25)10-12-19/h3-4,7-12H,2,5-6,13-16H2,1H3. The third-order valence-electron chi connectivity index (χ3n) is 5.78. The van der Waals surface area contributed by atoms with Gasteiger partial charge in [-0.05, 0) is 69.3 Å². The number of para-hydroxylation sites is 2. The van der Waals surface area contributed by atoms with Crippen LogP contribution in [0.4, 0.5) is 4.39 Å². The Labute approximate surface area is 190 Å². The minimum atomic E-state index is -0.254. The maximum atomic E-state index is 13.6. The van der Waals surface area contributed by atoms with Crippen molar-refractivity contribution < 1.29 is 4.39 Å². The van der Waals surface area contributed by atoms with Crippen LogP contribution in [0.25, 0.3) is 16.7 Å². The molecule has 0 aliphatic carbocycles. The molecule has 1 fully saturated rings. The zero-order valence-electron chi connectivity index (χ0n) is 18.0. The minimum Gasteiger partial charge on any atom is -0.296 e. The number of hydrogen-bond acceptors (Lipinski definition) is 6. The zero-order valence-corrected chi connectivity index (χ0v) is 18.9. The van der Waals surface area contributed by atoms with Crippen molar-refractivity contribution in [1.29, 1.82) is 0 Å². The van der Waals surface area contributed by atoms with Crippen molar-refractivity contribution in [2.45, 2.75) is 43.6 Å². The summed E-state index contributed by atoms with van der Waals surface area (Å²) in [6, 6.07) is 14.4. The van der Waals surface area contributed by atoms with Gasteiger partial charge in [-0.3, -0.25) is 9.47 Å². The van der Waals surface area contributed by atoms with Crippen LogP contribution in [-0.4, -0.2) is 42.7 Å². The van der Waals surface area contributed by atoms with Crippen LogP contribution in [-0.2, 0) is 12.3 Å². The Hall–Kier alpha value is -2.84. The molecule has 3 heterocycles. The largest absolute Gasteiger partial charge is 0.296 e. The number of aryl methyl sites for hydroxylation is 1. The first-order chi connectivity index (χ1) is 15.7. The van der Waals surface area contributed by atoms with Crippen molar-refractivity contribution in [2.75, 3.05) is 13.1 Å². The van der Waals surface area contributed by atoms with Crippen molar-refractivity contribution in [2.24, 2.45) is 0 Å². The molecule has 0 saturated carbocycles. The number of rotatable bonds is 6. The second-order valence-corrected chi connectivity index (χ2v) is 9.02. The highest BCUT2D eigenvalue weighted by Gasteiger charge is 2.19. The van der Waals surface area contributed by atoms with E-state index in [1.54, 1.807) is 23.9 Å². The number of benzene rings is 2. The van der Waals surface area contributed by atoms with Gasteiger partial charge < -0.3 is 0 Å². The highest BCUT2D eigenvalue weighted by Crippen LogP contribution is 2.27. The molecule has 0 spiro atoms. The number of likely N-dealkylation sites (tertiary alicyclic amines) is 1. The van der Waals surface area contributed by atoms with Crippen LogP contribution in [0.2, 0.25) is 0 Å². The van der Waals surface area contributed by atoms with Crippen LogP contribution in [0.1, 0.15) is 36.5 Å². The Kier molecular flexibility index (Phi) is 6.14. The molecule has 32 heavy (non-hydrogen) atoms. The van der Waals surface area contributed by atoms with Gasteiger partial charge in [0.15, 0.2) is 11.0 Å². The summed E-state index contributed by atoms with van der Waals surface area (Å²) < 4.78 is 15.6. The van der Waals surface area contributed by atoms with Gasteiger partial charge in [0, 0.05) is 11.4 Å². The van der Waals surface area contributed by atoms with Gasteiger partial charge in [-0.1, -0.05) is 30.3 Å². The van der Waals surface area contributed by atoms with E-state index < -0.39 is 0 Å². The van der Waals surface area contributed by atoms with E-state index in [4.69, 9.17) is 9.97 Å². The van der Waals surface area contributed by atoms with E-state index in [2.05, 4.69) is 15.1 Å². The van der Waals surface area contributed by atoms with E-state index in [-0.39, 0.29) is 5.82 Å². The third kappa shape index (κ3) is 4.52. The second kappa shape index (κ2) is 9.34. The highest BCUT2D eigenvalue weighted by molar-refractivity contribution is 7.98. The van der Waals surface area contributed by atoms with Gasteiger partial charge in [0.25, 0.3) is 0 Å². The molecular weight excluding hydrogens is 423 g/mol. The maximum absolute atomic E-state index is 13.6.